The standard InChI is InChI=1S/C6H17N2O2P/c1-5(2)8(6(3)4)7-11(9)10/h5-7,9-10H,1-4H3. The van der Waals surface area contributed by atoms with Crippen LogP contribution in [0.3, 0.4) is 0 Å². The van der Waals surface area contributed by atoms with Gasteiger partial charge in [0.05, 0.1) is 0 Å². The molecule has 11 heavy (non-hydrogen) atoms. The second-order valence-corrected chi connectivity index (χ2v) is 3.76. The highest BCUT2D eigenvalue weighted by atomic mass is 31.2. The molecule has 0 aromatic heterocycles. The predicted molar refractivity (Wildman–Crippen MR) is 46.6 cm³/mol. The molecule has 0 saturated heterocycles. The van der Waals surface area contributed by atoms with Crippen LogP contribution in [0.1, 0.15) is 27.7 Å². The topological polar surface area (TPSA) is 55.7 Å². The van der Waals surface area contributed by atoms with Crippen LogP contribution >= 0.6 is 8.53 Å². The van der Waals surface area contributed by atoms with Gasteiger partial charge in [-0.1, -0.05) is 0 Å². The summed E-state index contributed by atoms with van der Waals surface area (Å²) in [5.41, 5.74) is 0. The quantitative estimate of drug-likeness (QED) is 0.443. The lowest BCUT2D eigenvalue weighted by Crippen LogP contribution is -2.44. The summed E-state index contributed by atoms with van der Waals surface area (Å²) in [6, 6.07) is 0.526. The third-order valence-corrected chi connectivity index (χ3v) is 1.73. The third kappa shape index (κ3) is 4.67. The molecule has 0 spiro atoms. The number of hydrogen-bond acceptors (Lipinski definition) is 4. The molecule has 0 saturated carbocycles. The van der Waals surface area contributed by atoms with Crippen LogP contribution in [0.25, 0.3) is 0 Å². The Morgan fingerprint density at radius 3 is 1.55 bits per heavy atom. The van der Waals surface area contributed by atoms with Crippen molar-refractivity contribution in [1.82, 2.24) is 10.2 Å². The molecular formula is C6H17N2O2P. The van der Waals surface area contributed by atoms with E-state index in [0.29, 0.717) is 0 Å². The van der Waals surface area contributed by atoms with E-state index in [1.807, 2.05) is 32.7 Å². The van der Waals surface area contributed by atoms with Crippen LogP contribution in [-0.4, -0.2) is 26.9 Å². The minimum absolute atomic E-state index is 0.263. The van der Waals surface area contributed by atoms with Gasteiger partial charge in [0, 0.05) is 12.1 Å². The van der Waals surface area contributed by atoms with Crippen molar-refractivity contribution in [3.05, 3.63) is 0 Å². The van der Waals surface area contributed by atoms with Crippen molar-refractivity contribution in [3.63, 3.8) is 0 Å². The first-order valence-electron chi connectivity index (χ1n) is 3.67. The number of rotatable bonds is 4. The minimum atomic E-state index is -2.03. The van der Waals surface area contributed by atoms with E-state index in [1.54, 1.807) is 0 Å². The van der Waals surface area contributed by atoms with Crippen molar-refractivity contribution in [1.29, 1.82) is 0 Å². The third-order valence-electron chi connectivity index (χ3n) is 1.32. The summed E-state index contributed by atoms with van der Waals surface area (Å²) in [7, 11) is -2.03. The summed E-state index contributed by atoms with van der Waals surface area (Å²) in [4.78, 5) is 17.4. The Morgan fingerprint density at radius 1 is 1.09 bits per heavy atom. The molecule has 0 fully saturated rings. The molecule has 0 aliphatic heterocycles. The maximum Gasteiger partial charge on any atom is 0.265 e. The van der Waals surface area contributed by atoms with E-state index in [1.165, 1.54) is 0 Å². The molecule has 0 unspecified atom stereocenters. The summed E-state index contributed by atoms with van der Waals surface area (Å²) in [5.74, 6) is 0. The minimum Gasteiger partial charge on any atom is -0.337 e. The van der Waals surface area contributed by atoms with Gasteiger partial charge in [-0.05, 0) is 27.7 Å². The van der Waals surface area contributed by atoms with Crippen molar-refractivity contribution < 1.29 is 9.79 Å². The maximum atomic E-state index is 8.69. The van der Waals surface area contributed by atoms with E-state index in [-0.39, 0.29) is 12.1 Å². The first-order valence-corrected chi connectivity index (χ1v) is 4.92. The zero-order valence-electron chi connectivity index (χ0n) is 7.44. The molecule has 0 amide bonds. The second kappa shape index (κ2) is 5.01. The van der Waals surface area contributed by atoms with Crippen LogP contribution in [0, 0.1) is 0 Å². The Kier molecular flexibility index (Phi) is 5.13. The zero-order valence-corrected chi connectivity index (χ0v) is 8.34. The monoisotopic (exact) mass is 180 g/mol. The second-order valence-electron chi connectivity index (χ2n) is 2.98. The fourth-order valence-electron chi connectivity index (χ4n) is 0.931. The van der Waals surface area contributed by atoms with Crippen molar-refractivity contribution >= 4 is 8.53 Å². The molecule has 0 aliphatic carbocycles. The highest BCUT2D eigenvalue weighted by molar-refractivity contribution is 7.42. The van der Waals surface area contributed by atoms with Crippen LogP contribution in [-0.2, 0) is 0 Å². The van der Waals surface area contributed by atoms with Gasteiger partial charge < -0.3 is 9.79 Å². The maximum absolute atomic E-state index is 8.69. The number of hydrazine groups is 1. The Labute approximate surface area is 69.2 Å². The van der Waals surface area contributed by atoms with Gasteiger partial charge >= 0.3 is 0 Å². The van der Waals surface area contributed by atoms with E-state index < -0.39 is 8.53 Å². The van der Waals surface area contributed by atoms with Crippen LogP contribution in [0.4, 0.5) is 0 Å². The first kappa shape index (κ1) is 11.3. The molecule has 0 bridgehead atoms. The molecule has 0 radical (unpaired) electrons. The smallest absolute Gasteiger partial charge is 0.265 e. The Balaban J connectivity index is 3.90. The van der Waals surface area contributed by atoms with E-state index in [4.69, 9.17) is 9.79 Å². The molecule has 68 valence electrons. The van der Waals surface area contributed by atoms with Gasteiger partial charge in [0.2, 0.25) is 0 Å². The highest BCUT2D eigenvalue weighted by Gasteiger charge is 2.15. The summed E-state index contributed by atoms with van der Waals surface area (Å²) in [6.07, 6.45) is 0. The summed E-state index contributed by atoms with van der Waals surface area (Å²) < 4.78 is 0. The average molecular weight is 180 g/mol. The zero-order chi connectivity index (χ0) is 9.02. The summed E-state index contributed by atoms with van der Waals surface area (Å²) >= 11 is 0. The molecular weight excluding hydrogens is 163 g/mol. The summed E-state index contributed by atoms with van der Waals surface area (Å²) in [6.45, 7) is 7.97. The number of nitrogens with zero attached hydrogens (tertiary/aromatic N) is 1. The first-order chi connectivity index (χ1) is 4.95. The predicted octanol–water partition coefficient (Wildman–Crippen LogP) is 0.821. The van der Waals surface area contributed by atoms with Crippen LogP contribution in [0.15, 0.2) is 0 Å². The van der Waals surface area contributed by atoms with E-state index in [2.05, 4.69) is 5.20 Å². The molecule has 4 nitrogen and oxygen atoms in total. The lowest BCUT2D eigenvalue weighted by atomic mass is 10.3. The normalized spacial score (nSPS) is 12.5. The van der Waals surface area contributed by atoms with Crippen LogP contribution in [0.2, 0.25) is 0 Å². The van der Waals surface area contributed by atoms with E-state index in [9.17, 15) is 0 Å². The molecule has 3 N–H and O–H groups in total. The van der Waals surface area contributed by atoms with Gasteiger partial charge in [0.15, 0.2) is 0 Å². The van der Waals surface area contributed by atoms with E-state index >= 15 is 0 Å². The molecule has 0 aromatic rings. The van der Waals surface area contributed by atoms with E-state index in [0.717, 1.165) is 0 Å². The van der Waals surface area contributed by atoms with Gasteiger partial charge in [-0.15, -0.1) is 0 Å². The molecule has 0 heterocycles. The van der Waals surface area contributed by atoms with Crippen LogP contribution < -0.4 is 5.20 Å². The fraction of sp³-hybridized carbons (Fsp3) is 1.00. The van der Waals surface area contributed by atoms with Crippen molar-refractivity contribution in [2.24, 2.45) is 0 Å². The van der Waals surface area contributed by atoms with Gasteiger partial charge in [-0.2, -0.15) is 5.20 Å². The Hall–Kier alpha value is 0.270. The molecule has 0 aromatic carbocycles. The van der Waals surface area contributed by atoms with Crippen molar-refractivity contribution in [2.75, 3.05) is 0 Å². The largest absolute Gasteiger partial charge is 0.337 e. The highest BCUT2D eigenvalue weighted by Crippen LogP contribution is 2.19. The molecule has 0 aliphatic rings. The lowest BCUT2D eigenvalue weighted by molar-refractivity contribution is 0.136. The Bertz CT molecular complexity index is 101. The molecule has 0 rings (SSSR count). The molecule has 5 heteroatoms. The van der Waals surface area contributed by atoms with Gasteiger partial charge in [0.25, 0.3) is 8.53 Å². The van der Waals surface area contributed by atoms with Gasteiger partial charge in [-0.3, -0.25) is 0 Å². The Morgan fingerprint density at radius 2 is 1.45 bits per heavy atom. The van der Waals surface area contributed by atoms with Gasteiger partial charge in [-0.25, -0.2) is 5.01 Å². The van der Waals surface area contributed by atoms with Gasteiger partial charge in [0.1, 0.15) is 0 Å². The van der Waals surface area contributed by atoms with Crippen LogP contribution in [0.5, 0.6) is 0 Å². The SMILES string of the molecule is CC(C)N(NP(O)O)C(C)C. The van der Waals surface area contributed by atoms with Crippen molar-refractivity contribution in [3.8, 4) is 0 Å². The fourth-order valence-corrected chi connectivity index (χ4v) is 1.60. The molecule has 0 atom stereocenters. The number of hydrogen-bond donors (Lipinski definition) is 3. The average Bonchev–Trinajstić information content (AvgIpc) is 1.81. The summed E-state index contributed by atoms with van der Waals surface area (Å²) in [5, 5.41) is 4.40. The number of nitrogens with one attached hydrogen (secondary N) is 1. The lowest BCUT2D eigenvalue weighted by Gasteiger charge is -2.30. The van der Waals surface area contributed by atoms with Crippen molar-refractivity contribution in [2.45, 2.75) is 39.8 Å².